The molecule has 0 aliphatic carbocycles. The molecule has 0 fully saturated rings. The van der Waals surface area contributed by atoms with Crippen molar-refractivity contribution in [2.24, 2.45) is 5.10 Å². The Morgan fingerprint density at radius 3 is 2.48 bits per heavy atom. The number of rotatable bonds is 4. The summed E-state index contributed by atoms with van der Waals surface area (Å²) in [6.07, 6.45) is 0. The third-order valence-corrected chi connectivity index (χ3v) is 3.94. The molecular weight excluding hydrogens is 314 g/mol. The van der Waals surface area contributed by atoms with E-state index in [1.54, 1.807) is 12.1 Å². The van der Waals surface area contributed by atoms with Crippen LogP contribution in [0.25, 0.3) is 11.3 Å². The number of hydrazone groups is 1. The summed E-state index contributed by atoms with van der Waals surface area (Å²) in [5.74, 6) is -0.332. The molecule has 4 N–H and O–H groups in total. The first-order valence-corrected chi connectivity index (χ1v) is 7.87. The SMILES string of the molecule is C/C(=N/NC(=O)c1[nH]nc(-c2ccccc2)c1C)c1ccc(N)cc1. The molecule has 1 amide bonds. The zero-order chi connectivity index (χ0) is 17.8. The Labute approximate surface area is 145 Å². The van der Waals surface area contributed by atoms with Gasteiger partial charge in [0.05, 0.1) is 11.4 Å². The highest BCUT2D eigenvalue weighted by Gasteiger charge is 2.16. The van der Waals surface area contributed by atoms with E-state index in [0.29, 0.717) is 17.1 Å². The van der Waals surface area contributed by atoms with Gasteiger partial charge < -0.3 is 5.73 Å². The molecule has 6 nitrogen and oxygen atoms in total. The fourth-order valence-electron chi connectivity index (χ4n) is 2.48. The molecule has 25 heavy (non-hydrogen) atoms. The van der Waals surface area contributed by atoms with Gasteiger partial charge in [0.25, 0.3) is 5.91 Å². The van der Waals surface area contributed by atoms with Crippen LogP contribution in [0.15, 0.2) is 59.7 Å². The summed E-state index contributed by atoms with van der Waals surface area (Å²) in [5.41, 5.74) is 13.4. The average molecular weight is 333 g/mol. The second-order valence-electron chi connectivity index (χ2n) is 5.70. The third kappa shape index (κ3) is 3.58. The number of hydrogen-bond donors (Lipinski definition) is 3. The molecule has 0 saturated heterocycles. The molecular formula is C19H19N5O. The Kier molecular flexibility index (Phi) is 4.61. The van der Waals surface area contributed by atoms with Gasteiger partial charge in [-0.2, -0.15) is 10.2 Å². The van der Waals surface area contributed by atoms with Crippen molar-refractivity contribution in [3.8, 4) is 11.3 Å². The Morgan fingerprint density at radius 1 is 1.12 bits per heavy atom. The number of anilines is 1. The summed E-state index contributed by atoms with van der Waals surface area (Å²) in [6.45, 7) is 3.68. The van der Waals surface area contributed by atoms with Crippen molar-refractivity contribution in [2.75, 3.05) is 5.73 Å². The first kappa shape index (κ1) is 16.4. The van der Waals surface area contributed by atoms with Crippen LogP contribution in [0.5, 0.6) is 0 Å². The lowest BCUT2D eigenvalue weighted by atomic mass is 10.1. The quantitative estimate of drug-likeness (QED) is 0.389. The molecule has 0 aliphatic heterocycles. The smallest absolute Gasteiger partial charge is 0.289 e. The molecule has 0 radical (unpaired) electrons. The van der Waals surface area contributed by atoms with E-state index in [-0.39, 0.29) is 5.91 Å². The number of benzene rings is 2. The molecule has 0 saturated carbocycles. The third-order valence-electron chi connectivity index (χ3n) is 3.94. The second-order valence-corrected chi connectivity index (χ2v) is 5.70. The van der Waals surface area contributed by atoms with Crippen LogP contribution in [0.2, 0.25) is 0 Å². The van der Waals surface area contributed by atoms with Crippen LogP contribution >= 0.6 is 0 Å². The lowest BCUT2D eigenvalue weighted by Gasteiger charge is -2.03. The van der Waals surface area contributed by atoms with Crippen LogP contribution < -0.4 is 11.2 Å². The number of carbonyl (C=O) groups is 1. The average Bonchev–Trinajstić information content (AvgIpc) is 3.02. The number of carbonyl (C=O) groups excluding carboxylic acids is 1. The van der Waals surface area contributed by atoms with Gasteiger partial charge in [0, 0.05) is 16.8 Å². The summed E-state index contributed by atoms with van der Waals surface area (Å²) >= 11 is 0. The molecule has 0 unspecified atom stereocenters. The summed E-state index contributed by atoms with van der Waals surface area (Å²) < 4.78 is 0. The van der Waals surface area contributed by atoms with E-state index in [0.717, 1.165) is 22.4 Å². The summed E-state index contributed by atoms with van der Waals surface area (Å²) in [6, 6.07) is 17.0. The summed E-state index contributed by atoms with van der Waals surface area (Å²) in [4.78, 5) is 12.4. The standard InChI is InChI=1S/C19H19N5O/c1-12-17(15-6-4-3-5-7-15)22-23-18(12)19(25)24-21-13(2)14-8-10-16(20)11-9-14/h3-11H,20H2,1-2H3,(H,22,23)(H,24,25)/b21-13-. The van der Waals surface area contributed by atoms with Crippen LogP contribution in [0, 0.1) is 6.92 Å². The Hall–Kier alpha value is -3.41. The topological polar surface area (TPSA) is 96.2 Å². The molecule has 0 bridgehead atoms. The van der Waals surface area contributed by atoms with Gasteiger partial charge in [0.2, 0.25) is 0 Å². The number of aromatic amines is 1. The van der Waals surface area contributed by atoms with Gasteiger partial charge in [-0.05, 0) is 31.5 Å². The number of nitrogens with one attached hydrogen (secondary N) is 2. The zero-order valence-corrected chi connectivity index (χ0v) is 14.1. The molecule has 3 rings (SSSR count). The van der Waals surface area contributed by atoms with Gasteiger partial charge in [-0.15, -0.1) is 0 Å². The van der Waals surface area contributed by atoms with Crippen LogP contribution in [0.4, 0.5) is 5.69 Å². The molecule has 126 valence electrons. The van der Waals surface area contributed by atoms with Gasteiger partial charge in [-0.3, -0.25) is 9.89 Å². The maximum Gasteiger partial charge on any atom is 0.289 e. The van der Waals surface area contributed by atoms with Gasteiger partial charge in [0.15, 0.2) is 0 Å². The predicted molar refractivity (Wildman–Crippen MR) is 99.3 cm³/mol. The number of nitrogen functional groups attached to an aromatic ring is 1. The van der Waals surface area contributed by atoms with E-state index in [4.69, 9.17) is 5.73 Å². The van der Waals surface area contributed by atoms with Crippen LogP contribution in [-0.4, -0.2) is 21.8 Å². The molecule has 1 aromatic heterocycles. The highest BCUT2D eigenvalue weighted by molar-refractivity contribution is 6.01. The summed E-state index contributed by atoms with van der Waals surface area (Å²) in [5, 5.41) is 11.2. The number of nitrogens with zero attached hydrogens (tertiary/aromatic N) is 2. The van der Waals surface area contributed by atoms with Gasteiger partial charge in [-0.25, -0.2) is 5.43 Å². The van der Waals surface area contributed by atoms with E-state index in [1.807, 2.05) is 56.3 Å². The van der Waals surface area contributed by atoms with Crippen molar-refractivity contribution >= 4 is 17.3 Å². The molecule has 3 aromatic rings. The van der Waals surface area contributed by atoms with Crippen LogP contribution in [-0.2, 0) is 0 Å². The second kappa shape index (κ2) is 7.00. The highest BCUT2D eigenvalue weighted by Crippen LogP contribution is 2.22. The number of aromatic nitrogens is 2. The van der Waals surface area contributed by atoms with Crippen LogP contribution in [0.3, 0.4) is 0 Å². The number of hydrogen-bond acceptors (Lipinski definition) is 4. The van der Waals surface area contributed by atoms with Gasteiger partial charge >= 0.3 is 0 Å². The normalized spacial score (nSPS) is 11.4. The Morgan fingerprint density at radius 2 is 1.80 bits per heavy atom. The van der Waals surface area contributed by atoms with Crippen molar-refractivity contribution in [1.29, 1.82) is 0 Å². The first-order chi connectivity index (χ1) is 12.1. The van der Waals surface area contributed by atoms with E-state index < -0.39 is 0 Å². The maximum atomic E-state index is 12.4. The Bertz CT molecular complexity index is 911. The fourth-order valence-corrected chi connectivity index (χ4v) is 2.48. The predicted octanol–water partition coefficient (Wildman–Crippen LogP) is 3.12. The molecule has 0 aliphatic rings. The van der Waals surface area contributed by atoms with Crippen LogP contribution in [0.1, 0.15) is 28.5 Å². The van der Waals surface area contributed by atoms with E-state index in [2.05, 4.69) is 20.7 Å². The monoisotopic (exact) mass is 333 g/mol. The van der Waals surface area contributed by atoms with Crippen molar-refractivity contribution in [3.63, 3.8) is 0 Å². The molecule has 2 aromatic carbocycles. The molecule has 1 heterocycles. The maximum absolute atomic E-state index is 12.4. The van der Waals surface area contributed by atoms with E-state index in [1.165, 1.54) is 0 Å². The van der Waals surface area contributed by atoms with Crippen molar-refractivity contribution < 1.29 is 4.79 Å². The van der Waals surface area contributed by atoms with Gasteiger partial charge in [-0.1, -0.05) is 42.5 Å². The number of nitrogens with two attached hydrogens (primary N) is 1. The molecule has 0 atom stereocenters. The number of H-pyrrole nitrogens is 1. The molecule has 6 heteroatoms. The minimum atomic E-state index is -0.332. The minimum Gasteiger partial charge on any atom is -0.399 e. The van der Waals surface area contributed by atoms with Crippen molar-refractivity contribution in [3.05, 3.63) is 71.4 Å². The number of amides is 1. The van der Waals surface area contributed by atoms with E-state index >= 15 is 0 Å². The largest absolute Gasteiger partial charge is 0.399 e. The summed E-state index contributed by atoms with van der Waals surface area (Å²) in [7, 11) is 0. The zero-order valence-electron chi connectivity index (χ0n) is 14.1. The Balaban J connectivity index is 1.77. The van der Waals surface area contributed by atoms with Gasteiger partial charge in [0.1, 0.15) is 5.69 Å². The lowest BCUT2D eigenvalue weighted by molar-refractivity contribution is 0.0949. The molecule has 0 spiro atoms. The first-order valence-electron chi connectivity index (χ1n) is 7.87. The minimum absolute atomic E-state index is 0.332. The fraction of sp³-hybridized carbons (Fsp3) is 0.105. The lowest BCUT2D eigenvalue weighted by Crippen LogP contribution is -2.20. The van der Waals surface area contributed by atoms with Crippen molar-refractivity contribution in [1.82, 2.24) is 15.6 Å². The van der Waals surface area contributed by atoms with Crippen molar-refractivity contribution in [2.45, 2.75) is 13.8 Å². The van der Waals surface area contributed by atoms with E-state index in [9.17, 15) is 4.79 Å². The highest BCUT2D eigenvalue weighted by atomic mass is 16.2.